The fourth-order valence-corrected chi connectivity index (χ4v) is 5.05. The maximum absolute atomic E-state index is 13.6. The summed E-state index contributed by atoms with van der Waals surface area (Å²) in [4.78, 5) is 64.3. The van der Waals surface area contributed by atoms with Gasteiger partial charge in [-0.25, -0.2) is 0 Å². The van der Waals surface area contributed by atoms with E-state index < -0.39 is 84.7 Å². The number of amides is 5. The van der Waals surface area contributed by atoms with Crippen LogP contribution in [0.15, 0.2) is 84.9 Å². The fraction of sp³-hybridized carbons (Fsp3) is 0.361. The summed E-state index contributed by atoms with van der Waals surface area (Å²) >= 11 is 0. The molecular weight excluding hydrogens is 655 g/mol. The standard InChI is InChI=1S/C36H42F3N5O6/c1-21(2)30(44-33(48)26-16-14-25(15-17-26)24-12-8-5-9-13-24)35(50)43-28(20-23-10-6-4-7-11-23)34(49)41-22(3)32(47)42-27(18-19-29(40)45)31(46)36(37,38)39/h4-17,21-22,27-28,30-31,46H,18-20H2,1-3H3,(H2,40,45)(H,41,49)(H,42,47)(H,43,50)(H,44,48)/t22-,27?,28?,30-,31?/m0/s1. The molecule has 3 aromatic carbocycles. The number of halogens is 3. The van der Waals surface area contributed by atoms with Crippen LogP contribution in [-0.2, 0) is 25.6 Å². The number of aliphatic hydroxyl groups excluding tert-OH is 1. The molecule has 3 aromatic rings. The molecule has 0 aromatic heterocycles. The molecule has 0 aliphatic rings. The maximum atomic E-state index is 13.6. The first kappa shape index (κ1) is 39.2. The summed E-state index contributed by atoms with van der Waals surface area (Å²) in [7, 11) is 0. The van der Waals surface area contributed by atoms with E-state index in [9.17, 15) is 42.3 Å². The molecule has 14 heteroatoms. The summed E-state index contributed by atoms with van der Waals surface area (Å²) in [5.74, 6) is -4.45. The lowest BCUT2D eigenvalue weighted by Gasteiger charge is -2.28. The molecule has 0 spiro atoms. The van der Waals surface area contributed by atoms with Crippen molar-refractivity contribution in [1.82, 2.24) is 21.3 Å². The third-order valence-corrected chi connectivity index (χ3v) is 7.90. The lowest BCUT2D eigenvalue weighted by Crippen LogP contribution is -2.59. The van der Waals surface area contributed by atoms with Crippen molar-refractivity contribution in [1.29, 1.82) is 0 Å². The van der Waals surface area contributed by atoms with Gasteiger partial charge in [-0.15, -0.1) is 0 Å². The van der Waals surface area contributed by atoms with E-state index in [1.165, 1.54) is 6.92 Å². The molecule has 7 N–H and O–H groups in total. The highest BCUT2D eigenvalue weighted by molar-refractivity contribution is 5.99. The summed E-state index contributed by atoms with van der Waals surface area (Å²) in [6, 6.07) is 19.4. The van der Waals surface area contributed by atoms with E-state index in [-0.39, 0.29) is 6.42 Å². The van der Waals surface area contributed by atoms with Crippen LogP contribution in [0.3, 0.4) is 0 Å². The minimum Gasteiger partial charge on any atom is -0.382 e. The summed E-state index contributed by atoms with van der Waals surface area (Å²) in [6.45, 7) is 4.64. The summed E-state index contributed by atoms with van der Waals surface area (Å²) in [5, 5.41) is 19.6. The largest absolute Gasteiger partial charge is 0.416 e. The normalized spacial score (nSPS) is 14.4. The van der Waals surface area contributed by atoms with Crippen LogP contribution >= 0.6 is 0 Å². The van der Waals surface area contributed by atoms with Crippen molar-refractivity contribution in [2.75, 3.05) is 0 Å². The number of carbonyl (C=O) groups excluding carboxylic acids is 5. The van der Waals surface area contributed by atoms with Crippen LogP contribution in [0.4, 0.5) is 13.2 Å². The Labute approximate surface area is 288 Å². The molecule has 0 aliphatic heterocycles. The zero-order valence-corrected chi connectivity index (χ0v) is 27.9. The SMILES string of the molecule is CC(C)[C@H](NC(=O)c1ccc(-c2ccccc2)cc1)C(=O)NC(Cc1ccccc1)C(=O)N[C@@H](C)C(=O)NC(CCC(N)=O)C(O)C(F)(F)F. The fourth-order valence-electron chi connectivity index (χ4n) is 5.05. The Bertz CT molecular complexity index is 1600. The van der Waals surface area contributed by atoms with Gasteiger partial charge in [-0.2, -0.15) is 13.2 Å². The highest BCUT2D eigenvalue weighted by atomic mass is 19.4. The molecule has 268 valence electrons. The topological polar surface area (TPSA) is 180 Å². The van der Waals surface area contributed by atoms with Gasteiger partial charge in [-0.05, 0) is 48.1 Å². The Hall–Kier alpha value is -5.24. The average molecular weight is 698 g/mol. The molecular formula is C36H42F3N5O6. The Kier molecular flexibility index (Phi) is 14.1. The first-order chi connectivity index (χ1) is 23.6. The van der Waals surface area contributed by atoms with Crippen LogP contribution in [0, 0.1) is 5.92 Å². The number of aliphatic hydroxyl groups is 1. The number of carbonyl (C=O) groups is 5. The monoisotopic (exact) mass is 697 g/mol. The number of alkyl halides is 3. The summed E-state index contributed by atoms with van der Waals surface area (Å²) in [6.07, 6.45) is -9.28. The van der Waals surface area contributed by atoms with Gasteiger partial charge in [0.05, 0.1) is 6.04 Å². The van der Waals surface area contributed by atoms with Gasteiger partial charge < -0.3 is 32.1 Å². The van der Waals surface area contributed by atoms with Crippen molar-refractivity contribution in [3.05, 3.63) is 96.1 Å². The van der Waals surface area contributed by atoms with Gasteiger partial charge in [-0.1, -0.05) is 86.6 Å². The third kappa shape index (κ3) is 11.7. The molecule has 0 radical (unpaired) electrons. The second-order valence-corrected chi connectivity index (χ2v) is 12.2. The Morgan fingerprint density at radius 2 is 1.28 bits per heavy atom. The molecule has 0 saturated heterocycles. The molecule has 0 saturated carbocycles. The number of rotatable bonds is 16. The molecule has 0 fully saturated rings. The molecule has 5 amide bonds. The number of hydrogen-bond acceptors (Lipinski definition) is 6. The number of benzene rings is 3. The van der Waals surface area contributed by atoms with E-state index in [4.69, 9.17) is 5.73 Å². The number of nitrogens with two attached hydrogens (primary N) is 1. The van der Waals surface area contributed by atoms with Crippen molar-refractivity contribution in [3.8, 4) is 11.1 Å². The van der Waals surface area contributed by atoms with Crippen molar-refractivity contribution in [2.24, 2.45) is 11.7 Å². The zero-order chi connectivity index (χ0) is 37.0. The van der Waals surface area contributed by atoms with Gasteiger partial charge in [0.1, 0.15) is 18.1 Å². The van der Waals surface area contributed by atoms with Crippen molar-refractivity contribution >= 4 is 29.5 Å². The molecule has 5 atom stereocenters. The first-order valence-corrected chi connectivity index (χ1v) is 16.0. The molecule has 0 heterocycles. The second kappa shape index (κ2) is 18.0. The van der Waals surface area contributed by atoms with Crippen molar-refractivity contribution < 1.29 is 42.3 Å². The number of hydrogen-bond donors (Lipinski definition) is 6. The van der Waals surface area contributed by atoms with E-state index in [2.05, 4.69) is 16.0 Å². The van der Waals surface area contributed by atoms with Crippen LogP contribution < -0.4 is 27.0 Å². The lowest BCUT2D eigenvalue weighted by atomic mass is 9.99. The van der Waals surface area contributed by atoms with Crippen LogP contribution in [0.25, 0.3) is 11.1 Å². The minimum absolute atomic E-state index is 0.0273. The van der Waals surface area contributed by atoms with Gasteiger partial charge in [-0.3, -0.25) is 24.0 Å². The van der Waals surface area contributed by atoms with Crippen LogP contribution in [0.5, 0.6) is 0 Å². The number of nitrogens with one attached hydrogen (secondary N) is 4. The Balaban J connectivity index is 1.74. The van der Waals surface area contributed by atoms with Gasteiger partial charge in [0.15, 0.2) is 6.10 Å². The Morgan fingerprint density at radius 1 is 0.720 bits per heavy atom. The molecule has 3 unspecified atom stereocenters. The first-order valence-electron chi connectivity index (χ1n) is 16.0. The molecule has 50 heavy (non-hydrogen) atoms. The van der Waals surface area contributed by atoms with Crippen LogP contribution in [-0.4, -0.2) is 71.1 Å². The van der Waals surface area contributed by atoms with E-state index in [1.54, 1.807) is 68.4 Å². The Morgan fingerprint density at radius 3 is 1.82 bits per heavy atom. The predicted molar refractivity (Wildman–Crippen MR) is 180 cm³/mol. The van der Waals surface area contributed by atoms with E-state index in [0.29, 0.717) is 11.1 Å². The molecule has 0 bridgehead atoms. The maximum Gasteiger partial charge on any atom is 0.416 e. The van der Waals surface area contributed by atoms with Crippen molar-refractivity contribution in [3.63, 3.8) is 0 Å². The van der Waals surface area contributed by atoms with Crippen LogP contribution in [0.2, 0.25) is 0 Å². The van der Waals surface area contributed by atoms with E-state index in [1.807, 2.05) is 35.6 Å². The van der Waals surface area contributed by atoms with Gasteiger partial charge in [0, 0.05) is 18.4 Å². The second-order valence-electron chi connectivity index (χ2n) is 12.2. The highest BCUT2D eigenvalue weighted by Gasteiger charge is 2.44. The zero-order valence-electron chi connectivity index (χ0n) is 27.9. The quantitative estimate of drug-likeness (QED) is 0.134. The smallest absolute Gasteiger partial charge is 0.382 e. The summed E-state index contributed by atoms with van der Waals surface area (Å²) < 4.78 is 39.7. The minimum atomic E-state index is -5.11. The molecule has 11 nitrogen and oxygen atoms in total. The number of primary amides is 1. The van der Waals surface area contributed by atoms with Crippen LogP contribution in [0.1, 0.15) is 49.5 Å². The third-order valence-electron chi connectivity index (χ3n) is 7.90. The van der Waals surface area contributed by atoms with Gasteiger partial charge in [0.25, 0.3) is 5.91 Å². The van der Waals surface area contributed by atoms with E-state index >= 15 is 0 Å². The molecule has 0 aliphatic carbocycles. The molecule has 3 rings (SSSR count). The average Bonchev–Trinajstić information content (AvgIpc) is 3.08. The van der Waals surface area contributed by atoms with Crippen molar-refractivity contribution in [2.45, 2.75) is 76.5 Å². The van der Waals surface area contributed by atoms with E-state index in [0.717, 1.165) is 11.1 Å². The predicted octanol–water partition coefficient (Wildman–Crippen LogP) is 3.01. The lowest BCUT2D eigenvalue weighted by molar-refractivity contribution is -0.212. The van der Waals surface area contributed by atoms with Gasteiger partial charge >= 0.3 is 6.18 Å². The van der Waals surface area contributed by atoms with Gasteiger partial charge in [0.2, 0.25) is 23.6 Å². The summed E-state index contributed by atoms with van der Waals surface area (Å²) in [5.41, 5.74) is 7.86. The highest BCUT2D eigenvalue weighted by Crippen LogP contribution is 2.24.